The van der Waals surface area contributed by atoms with Crippen LogP contribution < -0.4 is 4.90 Å². The molecule has 10 aromatic rings. The molecule has 0 saturated carbocycles. The number of para-hydroxylation sites is 2. The number of benzene rings is 8. The van der Waals surface area contributed by atoms with Gasteiger partial charge in [-0.2, -0.15) is 0 Å². The summed E-state index contributed by atoms with van der Waals surface area (Å²) in [5, 5.41) is -3.26. The molecule has 2 heterocycles. The van der Waals surface area contributed by atoms with E-state index in [1.807, 2.05) is 0 Å². The monoisotopic (exact) mass is 656 g/mol. The number of hydrogen-bond acceptors (Lipinski definition) is 2. The summed E-state index contributed by atoms with van der Waals surface area (Å²) in [5.41, 5.74) is -8.59. The fraction of sp³-hybridized carbons (Fsp3) is 0. The van der Waals surface area contributed by atoms with Crippen LogP contribution in [0.3, 0.4) is 0 Å². The summed E-state index contributed by atoms with van der Waals surface area (Å²) in [4.78, 5) is 0.362. The van der Waals surface area contributed by atoms with E-state index in [-0.39, 0.29) is 0 Å². The van der Waals surface area contributed by atoms with Crippen LogP contribution in [0.4, 0.5) is 17.1 Å². The molecule has 0 aliphatic rings. The first-order chi connectivity index (χ1) is 36.8. The summed E-state index contributed by atoms with van der Waals surface area (Å²) in [6.07, 6.45) is 0. The third-order valence-corrected chi connectivity index (χ3v) is 7.56. The molecule has 0 unspecified atom stereocenters. The largest absolute Gasteiger partial charge is 0.455 e. The van der Waals surface area contributed by atoms with Crippen molar-refractivity contribution in [1.29, 1.82) is 0 Å². The molecular weight excluding hydrogens is 597 g/mol. The van der Waals surface area contributed by atoms with Gasteiger partial charge in [0.05, 0.1) is 52.2 Å². The van der Waals surface area contributed by atoms with Gasteiger partial charge in [0.15, 0.2) is 0 Å². The second kappa shape index (κ2) is 11.0. The van der Waals surface area contributed by atoms with Crippen LogP contribution in [0.25, 0.3) is 71.3 Å². The Morgan fingerprint density at radius 1 is 0.429 bits per heavy atom. The maximum Gasteiger partial charge on any atom is 0.143 e. The molecule has 0 atom stereocenters. The topological polar surface area (TPSA) is 21.3 Å². The lowest BCUT2D eigenvalue weighted by molar-refractivity contribution is 0.672. The Morgan fingerprint density at radius 2 is 1.00 bits per heavy atom. The molecule has 230 valence electrons. The Balaban J connectivity index is 1.42. The van der Waals surface area contributed by atoms with Crippen LogP contribution in [0.2, 0.25) is 0 Å². The summed E-state index contributed by atoms with van der Waals surface area (Å²) < 4.78 is 275. The van der Waals surface area contributed by atoms with E-state index in [9.17, 15) is 15.1 Å². The van der Waals surface area contributed by atoms with E-state index in [0.717, 1.165) is 0 Å². The molecule has 3 heteroatoms. The Bertz CT molecular complexity index is 4400. The minimum absolute atomic E-state index is 0.362. The molecule has 0 aliphatic carbocycles. The zero-order chi connectivity index (χ0) is 58.4. The van der Waals surface area contributed by atoms with Gasteiger partial charge in [-0.3, -0.25) is 0 Å². The van der Waals surface area contributed by atoms with Crippen LogP contribution in [0, 0.1) is 0 Å². The molecule has 0 bridgehead atoms. The lowest BCUT2D eigenvalue weighted by atomic mass is 10.0. The lowest BCUT2D eigenvalue weighted by Crippen LogP contribution is -2.10. The van der Waals surface area contributed by atoms with Crippen LogP contribution in [0.1, 0.15) is 41.1 Å². The molecule has 8 aromatic carbocycles. The third kappa shape index (κ3) is 4.44. The number of nitrogens with zero attached hydrogens (tertiary/aromatic N) is 2. The normalized spacial score (nSPS) is 20.2. The summed E-state index contributed by atoms with van der Waals surface area (Å²) in [6, 6.07) is -29.6. The van der Waals surface area contributed by atoms with Gasteiger partial charge in [0.1, 0.15) is 11.2 Å². The first-order valence-corrected chi connectivity index (χ1v) is 14.2. The van der Waals surface area contributed by atoms with Crippen molar-refractivity contribution in [1.82, 2.24) is 4.57 Å². The van der Waals surface area contributed by atoms with Crippen molar-refractivity contribution in [3.63, 3.8) is 0 Å². The molecule has 49 heavy (non-hydrogen) atoms. The number of hydrogen-bond donors (Lipinski definition) is 0. The molecule has 10 rings (SSSR count). The van der Waals surface area contributed by atoms with Gasteiger partial charge in [-0.25, -0.2) is 0 Å². The van der Waals surface area contributed by atoms with Crippen molar-refractivity contribution in [2.45, 2.75) is 0 Å². The number of fused-ring (bicyclic) bond motifs is 8. The molecule has 0 spiro atoms. The molecule has 2 aromatic heterocycles. The van der Waals surface area contributed by atoms with Gasteiger partial charge in [-0.05, 0) is 89.0 Å². The van der Waals surface area contributed by atoms with Crippen molar-refractivity contribution >= 4 is 71.6 Å². The second-order valence-electron chi connectivity index (χ2n) is 10.3. The predicted octanol–water partition coefficient (Wildman–Crippen LogP) is 13.0. The quantitative estimate of drug-likeness (QED) is 0.184. The average Bonchev–Trinajstić information content (AvgIpc) is 4.25. The number of anilines is 3. The molecule has 0 radical (unpaired) electrons. The summed E-state index contributed by atoms with van der Waals surface area (Å²) in [7, 11) is 0. The van der Waals surface area contributed by atoms with Gasteiger partial charge in [0.25, 0.3) is 0 Å². The Kier molecular flexibility index (Phi) is 2.47. The van der Waals surface area contributed by atoms with Gasteiger partial charge in [-0.15, -0.1) is 0 Å². The maximum atomic E-state index is 9.86. The van der Waals surface area contributed by atoms with E-state index in [1.165, 1.54) is 0 Å². The lowest BCUT2D eigenvalue weighted by Gasteiger charge is -2.26. The molecule has 0 N–H and O–H groups in total. The van der Waals surface area contributed by atoms with Crippen LogP contribution in [-0.4, -0.2) is 4.57 Å². The minimum Gasteiger partial charge on any atom is -0.455 e. The SMILES string of the molecule is [2H]c1c([2H])c([2H])c(-c2c([2H])c([2H])c(N(c3c([2H])c([2H])c(-n4c5c([2H])c([2H])c([2H])c([2H])c5c5c([2H])c([2H])c([2H])c([2H])c54)c([2H])c3[2H])c3c([2H])c([2H])c4oc5c6c([2H])c([2H])c([2H])c([2H])c6c([2H])c([2H])c5c4c3[2H])c([2H])c2[2H])c([2H])c1[2H]. The second-order valence-corrected chi connectivity index (χ2v) is 10.3. The molecule has 0 fully saturated rings. The van der Waals surface area contributed by atoms with Crippen molar-refractivity contribution in [3.05, 3.63) is 181 Å². The third-order valence-electron chi connectivity index (χ3n) is 7.56. The maximum absolute atomic E-state index is 9.86. The van der Waals surface area contributed by atoms with E-state index < -0.39 is 270 Å². The molecule has 0 saturated heterocycles. The highest BCUT2D eigenvalue weighted by molar-refractivity contribution is 6.15. The fourth-order valence-electron chi connectivity index (χ4n) is 5.43. The van der Waals surface area contributed by atoms with Crippen LogP contribution in [-0.2, 0) is 0 Å². The molecule has 0 aliphatic heterocycles. The Labute approximate surface area is 325 Å². The average molecular weight is 657 g/mol. The van der Waals surface area contributed by atoms with Gasteiger partial charge in [0.2, 0.25) is 0 Å². The number of furan rings is 1. The van der Waals surface area contributed by atoms with Crippen LogP contribution in [0.15, 0.2) is 186 Å². The van der Waals surface area contributed by atoms with Gasteiger partial charge in [-0.1, -0.05) is 109 Å². The van der Waals surface area contributed by atoms with Gasteiger partial charge >= 0.3 is 0 Å². The number of aromatic nitrogens is 1. The zero-order valence-electron chi connectivity index (χ0n) is 54.3. The summed E-state index contributed by atoms with van der Waals surface area (Å²) in [6.45, 7) is 0. The van der Waals surface area contributed by atoms with Crippen molar-refractivity contribution in [3.8, 4) is 16.8 Å². The van der Waals surface area contributed by atoms with Gasteiger partial charge < -0.3 is 13.9 Å². The smallest absolute Gasteiger partial charge is 0.143 e. The van der Waals surface area contributed by atoms with Crippen LogP contribution >= 0.6 is 0 Å². The van der Waals surface area contributed by atoms with E-state index in [4.69, 9.17) is 30.5 Å². The van der Waals surface area contributed by atoms with E-state index in [2.05, 4.69) is 0 Å². The first-order valence-electron chi connectivity index (χ1n) is 29.2. The van der Waals surface area contributed by atoms with E-state index in [0.29, 0.717) is 9.47 Å². The summed E-state index contributed by atoms with van der Waals surface area (Å²) >= 11 is 0. The first kappa shape index (κ1) is 11.0. The van der Waals surface area contributed by atoms with E-state index >= 15 is 0 Å². The Hall–Kier alpha value is -6.58. The highest BCUT2D eigenvalue weighted by Gasteiger charge is 2.18. The van der Waals surface area contributed by atoms with Crippen molar-refractivity contribution < 1.29 is 45.5 Å². The zero-order valence-corrected chi connectivity index (χ0v) is 24.3. The standard InChI is InChI=1S/C46H30N2O/c1-2-10-31(11-3-1)32-18-21-34(22-19-32)47(37-27-29-45-42(30-37)41-28-20-33-12-4-5-13-38(33)46(41)49-45)35-23-25-36(26-24-35)48-43-16-8-6-14-39(43)40-15-7-9-17-44(40)48/h1-30H/i1D,2D,3D,4D,5D,6D,7D,8D,9D,10D,11D,12D,13D,14D,15D,16D,17D,18D,19D,20D,21D,22D,23D,24D,25D,26D,27D,28D,29D,30D. The van der Waals surface area contributed by atoms with Gasteiger partial charge in [0, 0.05) is 49.7 Å². The van der Waals surface area contributed by atoms with Crippen molar-refractivity contribution in [2.24, 2.45) is 0 Å². The highest BCUT2D eigenvalue weighted by Crippen LogP contribution is 2.41. The molecular formula is C46H30N2O. The summed E-state index contributed by atoms with van der Waals surface area (Å²) in [5.74, 6) is 0. The molecule has 3 nitrogen and oxygen atoms in total. The van der Waals surface area contributed by atoms with E-state index in [1.54, 1.807) is 0 Å². The van der Waals surface area contributed by atoms with Crippen molar-refractivity contribution in [2.75, 3.05) is 4.90 Å². The van der Waals surface area contributed by atoms with Crippen LogP contribution in [0.5, 0.6) is 0 Å². The molecule has 0 amide bonds. The highest BCUT2D eigenvalue weighted by atomic mass is 16.3. The fourth-order valence-corrected chi connectivity index (χ4v) is 5.43. The number of rotatable bonds is 5. The predicted molar refractivity (Wildman–Crippen MR) is 206 cm³/mol. The minimum atomic E-state index is -1.28. The Morgan fingerprint density at radius 3 is 1.71 bits per heavy atom.